The van der Waals surface area contributed by atoms with Crippen molar-refractivity contribution in [1.82, 2.24) is 4.98 Å². The van der Waals surface area contributed by atoms with E-state index in [1.54, 1.807) is 23.9 Å². The number of ether oxygens (including phenoxy) is 1. The van der Waals surface area contributed by atoms with Gasteiger partial charge in [0.1, 0.15) is 5.75 Å². The zero-order chi connectivity index (χ0) is 18.4. The maximum absolute atomic E-state index is 12.3. The standard InChI is InChI=1S/C19H15NO5S2/c21-9-4-2-1-3-6(9)10-11-7-5-8(13-12(7)17(22)25-18(13)23)14(11)26-16-15(10)27-19(24)20-16/h1-4,7-8,10-14,21H,5H2,(H,20,24). The summed E-state index contributed by atoms with van der Waals surface area (Å²) in [4.78, 5) is 40.4. The van der Waals surface area contributed by atoms with Crippen molar-refractivity contribution in [2.24, 2.45) is 29.6 Å². The van der Waals surface area contributed by atoms with Crippen molar-refractivity contribution >= 4 is 35.0 Å². The van der Waals surface area contributed by atoms with Crippen LogP contribution in [0.2, 0.25) is 0 Å². The highest BCUT2D eigenvalue weighted by Crippen LogP contribution is 2.68. The van der Waals surface area contributed by atoms with Crippen LogP contribution in [0.4, 0.5) is 0 Å². The Labute approximate surface area is 161 Å². The number of thioether (sulfide) groups is 1. The number of aromatic nitrogens is 1. The van der Waals surface area contributed by atoms with Gasteiger partial charge in [-0.25, -0.2) is 0 Å². The van der Waals surface area contributed by atoms with Gasteiger partial charge in [0.05, 0.1) is 16.9 Å². The molecule has 7 atom stereocenters. The highest BCUT2D eigenvalue weighted by Gasteiger charge is 2.69. The van der Waals surface area contributed by atoms with Crippen LogP contribution in [0.3, 0.4) is 0 Å². The number of para-hydroxylation sites is 1. The topological polar surface area (TPSA) is 96.5 Å². The Morgan fingerprint density at radius 1 is 1.07 bits per heavy atom. The van der Waals surface area contributed by atoms with E-state index in [0.717, 1.165) is 21.9 Å². The van der Waals surface area contributed by atoms with Crippen LogP contribution in [0.25, 0.3) is 0 Å². The van der Waals surface area contributed by atoms with Gasteiger partial charge in [-0.1, -0.05) is 29.5 Å². The molecule has 3 fully saturated rings. The van der Waals surface area contributed by atoms with Crippen molar-refractivity contribution in [3.63, 3.8) is 0 Å². The summed E-state index contributed by atoms with van der Waals surface area (Å²) >= 11 is 2.80. The molecule has 2 saturated carbocycles. The van der Waals surface area contributed by atoms with Crippen LogP contribution in [0.15, 0.2) is 34.1 Å². The van der Waals surface area contributed by atoms with Crippen LogP contribution in [0.1, 0.15) is 22.8 Å². The second-order valence-electron chi connectivity index (χ2n) is 7.76. The molecule has 2 aromatic rings. The van der Waals surface area contributed by atoms with E-state index >= 15 is 0 Å². The molecule has 4 aliphatic rings. The third kappa shape index (κ3) is 1.95. The van der Waals surface area contributed by atoms with Gasteiger partial charge < -0.3 is 14.8 Å². The van der Waals surface area contributed by atoms with Crippen molar-refractivity contribution in [3.05, 3.63) is 44.4 Å². The fourth-order valence-corrected chi connectivity index (χ4v) is 8.79. The first-order valence-electron chi connectivity index (χ1n) is 8.97. The molecule has 138 valence electrons. The number of esters is 2. The van der Waals surface area contributed by atoms with Crippen molar-refractivity contribution in [2.45, 2.75) is 22.6 Å². The number of nitrogens with one attached hydrogen (secondary N) is 1. The van der Waals surface area contributed by atoms with E-state index in [4.69, 9.17) is 4.74 Å². The van der Waals surface area contributed by atoms with Gasteiger partial charge in [-0.15, -0.1) is 11.8 Å². The largest absolute Gasteiger partial charge is 0.508 e. The van der Waals surface area contributed by atoms with Gasteiger partial charge in [0.25, 0.3) is 0 Å². The molecule has 1 saturated heterocycles. The molecule has 0 spiro atoms. The number of hydrogen-bond acceptors (Lipinski definition) is 7. The first-order chi connectivity index (χ1) is 13.0. The molecule has 1 aromatic carbocycles. The zero-order valence-electron chi connectivity index (χ0n) is 14.0. The van der Waals surface area contributed by atoms with E-state index in [9.17, 15) is 19.5 Å². The summed E-state index contributed by atoms with van der Waals surface area (Å²) in [6, 6.07) is 7.20. The molecule has 7 unspecified atom stereocenters. The molecule has 6 rings (SSSR count). The lowest BCUT2D eigenvalue weighted by molar-refractivity contribution is -0.154. The van der Waals surface area contributed by atoms with Gasteiger partial charge in [-0.3, -0.25) is 14.4 Å². The second-order valence-corrected chi connectivity index (χ2v) is 9.96. The summed E-state index contributed by atoms with van der Waals surface area (Å²) in [7, 11) is 0. The van der Waals surface area contributed by atoms with Gasteiger partial charge in [0.15, 0.2) is 0 Å². The third-order valence-electron chi connectivity index (χ3n) is 6.73. The summed E-state index contributed by atoms with van der Waals surface area (Å²) in [5.41, 5.74) is 0.783. The van der Waals surface area contributed by atoms with Crippen LogP contribution in [0, 0.1) is 29.6 Å². The minimum absolute atomic E-state index is 0.0337. The number of cyclic esters (lactones) is 2. The molecule has 3 heterocycles. The van der Waals surface area contributed by atoms with Crippen molar-refractivity contribution in [2.75, 3.05) is 0 Å². The molecule has 27 heavy (non-hydrogen) atoms. The summed E-state index contributed by atoms with van der Waals surface area (Å²) in [6.45, 7) is 0. The van der Waals surface area contributed by atoms with Gasteiger partial charge in [-0.2, -0.15) is 0 Å². The van der Waals surface area contributed by atoms with Crippen LogP contribution in [-0.2, 0) is 14.3 Å². The monoisotopic (exact) mass is 401 g/mol. The van der Waals surface area contributed by atoms with E-state index in [1.165, 1.54) is 11.3 Å². The Morgan fingerprint density at radius 3 is 2.59 bits per heavy atom. The number of carbonyl (C=O) groups is 2. The number of fused-ring (bicyclic) bond motifs is 9. The molecular formula is C19H15NO5S2. The molecule has 2 bridgehead atoms. The molecule has 0 radical (unpaired) electrons. The minimum Gasteiger partial charge on any atom is -0.508 e. The zero-order valence-corrected chi connectivity index (χ0v) is 15.6. The van der Waals surface area contributed by atoms with Crippen molar-refractivity contribution in [1.29, 1.82) is 0 Å². The summed E-state index contributed by atoms with van der Waals surface area (Å²) in [6.07, 6.45) is 0.821. The maximum Gasteiger partial charge on any atom is 0.317 e. The highest BCUT2D eigenvalue weighted by atomic mass is 32.2. The van der Waals surface area contributed by atoms with Crippen molar-refractivity contribution < 1.29 is 19.4 Å². The lowest BCUT2D eigenvalue weighted by atomic mass is 9.68. The van der Waals surface area contributed by atoms with Crippen LogP contribution < -0.4 is 4.87 Å². The molecule has 8 heteroatoms. The van der Waals surface area contributed by atoms with Gasteiger partial charge in [-0.05, 0) is 30.2 Å². The number of aromatic hydroxyl groups is 1. The smallest absolute Gasteiger partial charge is 0.317 e. The summed E-state index contributed by atoms with van der Waals surface area (Å²) < 4.78 is 4.97. The average molecular weight is 401 g/mol. The molecule has 2 N–H and O–H groups in total. The van der Waals surface area contributed by atoms with E-state index < -0.39 is 5.97 Å². The van der Waals surface area contributed by atoms with E-state index in [1.807, 2.05) is 12.1 Å². The predicted octanol–water partition coefficient (Wildman–Crippen LogP) is 2.33. The number of carbonyl (C=O) groups excluding carboxylic acids is 2. The van der Waals surface area contributed by atoms with Crippen molar-refractivity contribution in [3.8, 4) is 5.75 Å². The predicted molar refractivity (Wildman–Crippen MR) is 97.7 cm³/mol. The van der Waals surface area contributed by atoms with E-state index in [2.05, 4.69) is 4.98 Å². The number of phenols is 1. The lowest BCUT2D eigenvalue weighted by Crippen LogP contribution is -2.42. The molecule has 2 aliphatic carbocycles. The molecule has 1 aromatic heterocycles. The van der Waals surface area contributed by atoms with Gasteiger partial charge in [0, 0.05) is 21.6 Å². The number of H-pyrrole nitrogens is 1. The molecule has 2 aliphatic heterocycles. The SMILES string of the molecule is O=C1OC(=O)C2C3CC(C4Sc5[nH]c(=O)sc5C(c5ccccc5O)C34)C12. The molecule has 0 amide bonds. The number of benzene rings is 1. The van der Waals surface area contributed by atoms with Crippen LogP contribution >= 0.6 is 23.1 Å². The fourth-order valence-electron chi connectivity index (χ4n) is 5.91. The fraction of sp³-hybridized carbons (Fsp3) is 0.421. The average Bonchev–Trinajstić information content (AvgIpc) is 3.35. The maximum atomic E-state index is 12.3. The number of thiazole rings is 1. The second kappa shape index (κ2) is 5.26. The normalized spacial score (nSPS) is 38.4. The quantitative estimate of drug-likeness (QED) is 0.562. The first-order valence-corrected chi connectivity index (χ1v) is 10.7. The Kier molecular flexibility index (Phi) is 3.11. The summed E-state index contributed by atoms with van der Waals surface area (Å²) in [5, 5.41) is 11.5. The number of aromatic amines is 1. The van der Waals surface area contributed by atoms with Crippen LogP contribution in [0.5, 0.6) is 5.75 Å². The van der Waals surface area contributed by atoms with E-state index in [0.29, 0.717) is 0 Å². The molecular weight excluding hydrogens is 386 g/mol. The third-order valence-corrected chi connectivity index (χ3v) is 9.32. The van der Waals surface area contributed by atoms with E-state index in [-0.39, 0.29) is 57.3 Å². The van der Waals surface area contributed by atoms with Crippen LogP contribution in [-0.4, -0.2) is 27.3 Å². The number of hydrogen-bond donors (Lipinski definition) is 2. The Bertz CT molecular complexity index is 1060. The molecule has 6 nitrogen and oxygen atoms in total. The Balaban J connectivity index is 1.55. The summed E-state index contributed by atoms with van der Waals surface area (Å²) in [5.74, 6) is -1.29. The Hall–Kier alpha value is -2.06. The lowest BCUT2D eigenvalue weighted by Gasteiger charge is -2.42. The number of phenolic OH excluding ortho intramolecular Hbond substituents is 1. The Morgan fingerprint density at radius 2 is 1.81 bits per heavy atom. The number of rotatable bonds is 1. The highest BCUT2D eigenvalue weighted by molar-refractivity contribution is 8.00. The first kappa shape index (κ1) is 15.9. The van der Waals surface area contributed by atoms with Gasteiger partial charge in [0.2, 0.25) is 0 Å². The van der Waals surface area contributed by atoms with Gasteiger partial charge >= 0.3 is 16.8 Å². The minimum atomic E-state index is -0.398.